The molecule has 1 aromatic rings. The molecule has 6 heteroatoms. The van der Waals surface area contributed by atoms with Gasteiger partial charge in [0.2, 0.25) is 11.8 Å². The molecular formula is C22H31N3O3. The zero-order chi connectivity index (χ0) is 19.8. The number of hydrogen-bond donors (Lipinski definition) is 0. The molecular weight excluding hydrogens is 354 g/mol. The van der Waals surface area contributed by atoms with E-state index in [1.165, 1.54) is 6.42 Å². The molecule has 0 bridgehead atoms. The Hall–Kier alpha value is -2.34. The van der Waals surface area contributed by atoms with E-state index in [2.05, 4.69) is 4.90 Å². The van der Waals surface area contributed by atoms with Crippen molar-refractivity contribution in [3.63, 3.8) is 0 Å². The van der Waals surface area contributed by atoms with Crippen molar-refractivity contribution in [2.24, 2.45) is 0 Å². The smallest absolute Gasteiger partial charge is 0.246 e. The summed E-state index contributed by atoms with van der Waals surface area (Å²) in [5.74, 6) is 1.09. The van der Waals surface area contributed by atoms with E-state index >= 15 is 0 Å². The number of piperidine rings is 1. The van der Waals surface area contributed by atoms with E-state index in [0.29, 0.717) is 26.2 Å². The van der Waals surface area contributed by atoms with Crippen LogP contribution >= 0.6 is 0 Å². The molecule has 28 heavy (non-hydrogen) atoms. The first-order chi connectivity index (χ1) is 13.7. The Morgan fingerprint density at radius 3 is 2.25 bits per heavy atom. The number of nitrogens with zero attached hydrogens (tertiary/aromatic N) is 3. The third-order valence-corrected chi connectivity index (χ3v) is 5.36. The topological polar surface area (TPSA) is 53.1 Å². The van der Waals surface area contributed by atoms with Gasteiger partial charge in [-0.25, -0.2) is 0 Å². The summed E-state index contributed by atoms with van der Waals surface area (Å²) < 4.78 is 5.43. The van der Waals surface area contributed by atoms with Gasteiger partial charge in [-0.15, -0.1) is 0 Å². The van der Waals surface area contributed by atoms with Gasteiger partial charge < -0.3 is 14.5 Å². The molecule has 0 spiro atoms. The monoisotopic (exact) mass is 385 g/mol. The third kappa shape index (κ3) is 5.83. The van der Waals surface area contributed by atoms with Gasteiger partial charge in [0.25, 0.3) is 0 Å². The minimum absolute atomic E-state index is 0.0240. The maximum Gasteiger partial charge on any atom is 0.246 e. The first kappa shape index (κ1) is 20.4. The summed E-state index contributed by atoms with van der Waals surface area (Å²) in [5, 5.41) is 0. The van der Waals surface area contributed by atoms with Gasteiger partial charge in [-0.1, -0.05) is 12.1 Å². The lowest BCUT2D eigenvalue weighted by Crippen LogP contribution is -2.51. The number of carbonyl (C=O) groups is 2. The average molecular weight is 386 g/mol. The molecule has 2 saturated heterocycles. The van der Waals surface area contributed by atoms with Crippen molar-refractivity contribution in [2.45, 2.75) is 26.2 Å². The second kappa shape index (κ2) is 10.3. The minimum Gasteiger partial charge on any atom is -0.494 e. The first-order valence-electron chi connectivity index (χ1n) is 10.4. The summed E-state index contributed by atoms with van der Waals surface area (Å²) in [4.78, 5) is 30.8. The zero-order valence-corrected chi connectivity index (χ0v) is 16.8. The van der Waals surface area contributed by atoms with E-state index in [9.17, 15) is 9.59 Å². The van der Waals surface area contributed by atoms with Crippen LogP contribution in [0.4, 0.5) is 0 Å². The van der Waals surface area contributed by atoms with E-state index in [1.54, 1.807) is 6.08 Å². The molecule has 0 radical (unpaired) electrons. The van der Waals surface area contributed by atoms with Crippen molar-refractivity contribution in [3.05, 3.63) is 35.9 Å². The van der Waals surface area contributed by atoms with Gasteiger partial charge in [-0.3, -0.25) is 14.5 Å². The van der Waals surface area contributed by atoms with E-state index in [-0.39, 0.29) is 11.8 Å². The molecule has 1 aromatic carbocycles. The number of amides is 2. The van der Waals surface area contributed by atoms with E-state index in [1.807, 2.05) is 47.1 Å². The van der Waals surface area contributed by atoms with E-state index < -0.39 is 0 Å². The minimum atomic E-state index is 0.0240. The van der Waals surface area contributed by atoms with Crippen molar-refractivity contribution in [1.82, 2.24) is 14.7 Å². The molecule has 152 valence electrons. The van der Waals surface area contributed by atoms with E-state index in [0.717, 1.165) is 50.3 Å². The quantitative estimate of drug-likeness (QED) is 0.705. The van der Waals surface area contributed by atoms with Gasteiger partial charge in [-0.2, -0.15) is 0 Å². The Morgan fingerprint density at radius 1 is 0.929 bits per heavy atom. The lowest BCUT2D eigenvalue weighted by Gasteiger charge is -2.35. The average Bonchev–Trinajstić information content (AvgIpc) is 2.74. The number of rotatable bonds is 6. The highest BCUT2D eigenvalue weighted by molar-refractivity contribution is 5.91. The molecule has 0 saturated carbocycles. The number of likely N-dealkylation sites (tertiary alicyclic amines) is 1. The predicted molar refractivity (Wildman–Crippen MR) is 110 cm³/mol. The van der Waals surface area contributed by atoms with Gasteiger partial charge in [0.05, 0.1) is 13.2 Å². The molecule has 6 nitrogen and oxygen atoms in total. The van der Waals surface area contributed by atoms with Gasteiger partial charge in [0.1, 0.15) is 5.75 Å². The lowest BCUT2D eigenvalue weighted by atomic mass is 10.1. The van der Waals surface area contributed by atoms with Gasteiger partial charge in [0.15, 0.2) is 0 Å². The van der Waals surface area contributed by atoms with Crippen molar-refractivity contribution < 1.29 is 14.3 Å². The normalized spacial score (nSPS) is 18.5. The number of hydrogen-bond acceptors (Lipinski definition) is 4. The SMILES string of the molecule is CCOc1ccc(/C=C/C(=O)N2CCN(CC(=O)N3CCCCC3)CC2)cc1. The fourth-order valence-electron chi connectivity index (χ4n) is 3.68. The Bertz CT molecular complexity index is 673. The second-order valence-electron chi connectivity index (χ2n) is 7.38. The molecule has 0 aromatic heterocycles. The summed E-state index contributed by atoms with van der Waals surface area (Å²) in [6.45, 7) is 7.70. The standard InChI is InChI=1S/C22H31N3O3/c1-2-28-20-9-6-19(7-10-20)8-11-21(26)25-16-14-23(15-17-25)18-22(27)24-12-4-3-5-13-24/h6-11H,2-5,12-18H2,1H3/b11-8+. The van der Waals surface area contributed by atoms with Crippen LogP contribution in [0.25, 0.3) is 6.08 Å². The summed E-state index contributed by atoms with van der Waals surface area (Å²) in [6.07, 6.45) is 6.94. The third-order valence-electron chi connectivity index (χ3n) is 5.36. The summed E-state index contributed by atoms with van der Waals surface area (Å²) in [6, 6.07) is 7.70. The molecule has 3 rings (SSSR count). The maximum atomic E-state index is 12.4. The molecule has 2 amide bonds. The van der Waals surface area contributed by atoms with Crippen LogP contribution in [-0.4, -0.2) is 78.9 Å². The Morgan fingerprint density at radius 2 is 1.61 bits per heavy atom. The number of carbonyl (C=O) groups excluding carboxylic acids is 2. The molecule has 0 N–H and O–H groups in total. The summed E-state index contributed by atoms with van der Waals surface area (Å²) in [5.41, 5.74) is 0.975. The maximum absolute atomic E-state index is 12.4. The fraction of sp³-hybridized carbons (Fsp3) is 0.545. The fourth-order valence-corrected chi connectivity index (χ4v) is 3.68. The second-order valence-corrected chi connectivity index (χ2v) is 7.38. The first-order valence-corrected chi connectivity index (χ1v) is 10.4. The van der Waals surface area contributed by atoms with Crippen molar-refractivity contribution in [3.8, 4) is 5.75 Å². The van der Waals surface area contributed by atoms with Crippen LogP contribution in [0.15, 0.2) is 30.3 Å². The van der Waals surface area contributed by atoms with Gasteiger partial charge >= 0.3 is 0 Å². The highest BCUT2D eigenvalue weighted by atomic mass is 16.5. The number of ether oxygens (including phenoxy) is 1. The van der Waals surface area contributed by atoms with Crippen LogP contribution in [0.1, 0.15) is 31.7 Å². The van der Waals surface area contributed by atoms with Crippen LogP contribution in [0.2, 0.25) is 0 Å². The highest BCUT2D eigenvalue weighted by Gasteiger charge is 2.23. The summed E-state index contributed by atoms with van der Waals surface area (Å²) >= 11 is 0. The summed E-state index contributed by atoms with van der Waals surface area (Å²) in [7, 11) is 0. The van der Waals surface area contributed by atoms with Crippen LogP contribution in [0.3, 0.4) is 0 Å². The molecule has 0 unspecified atom stereocenters. The molecule has 2 fully saturated rings. The molecule has 2 aliphatic rings. The molecule has 2 heterocycles. The van der Waals surface area contributed by atoms with Gasteiger partial charge in [0, 0.05) is 45.3 Å². The van der Waals surface area contributed by atoms with Crippen LogP contribution in [-0.2, 0) is 9.59 Å². The molecule has 0 aliphatic carbocycles. The van der Waals surface area contributed by atoms with Crippen molar-refractivity contribution >= 4 is 17.9 Å². The van der Waals surface area contributed by atoms with Crippen LogP contribution in [0.5, 0.6) is 5.75 Å². The van der Waals surface area contributed by atoms with E-state index in [4.69, 9.17) is 4.74 Å². The molecule has 2 aliphatic heterocycles. The van der Waals surface area contributed by atoms with Crippen LogP contribution in [0, 0.1) is 0 Å². The predicted octanol–water partition coefficient (Wildman–Crippen LogP) is 2.26. The number of piperazine rings is 1. The Labute approximate surface area is 167 Å². The largest absolute Gasteiger partial charge is 0.494 e. The van der Waals surface area contributed by atoms with Crippen LogP contribution < -0.4 is 4.74 Å². The number of benzene rings is 1. The lowest BCUT2D eigenvalue weighted by molar-refractivity contribution is -0.134. The highest BCUT2D eigenvalue weighted by Crippen LogP contribution is 2.14. The Balaban J connectivity index is 1.42. The Kier molecular flexibility index (Phi) is 7.48. The zero-order valence-electron chi connectivity index (χ0n) is 16.8. The molecule has 0 atom stereocenters. The van der Waals surface area contributed by atoms with Crippen molar-refractivity contribution in [2.75, 3.05) is 52.4 Å². The van der Waals surface area contributed by atoms with Gasteiger partial charge in [-0.05, 0) is 50.0 Å². The van der Waals surface area contributed by atoms with Crippen molar-refractivity contribution in [1.29, 1.82) is 0 Å².